The Balaban J connectivity index is 2.25. The molecule has 2 amide bonds. The first kappa shape index (κ1) is 16.2. The number of aliphatic carboxylic acids is 1. The molecule has 0 fully saturated rings. The molecule has 0 radical (unpaired) electrons. The van der Waals surface area contributed by atoms with Crippen molar-refractivity contribution in [2.24, 2.45) is 17.6 Å². The Hall–Kier alpha value is -2.15. The van der Waals surface area contributed by atoms with E-state index in [1.165, 1.54) is 11.3 Å². The van der Waals surface area contributed by atoms with Crippen LogP contribution in [0.1, 0.15) is 33.6 Å². The largest absolute Gasteiger partial charge is 0.550 e. The fraction of sp³-hybridized carbons (Fsp3) is 0.400. The average Bonchev–Trinajstić information content (AvgIpc) is 2.73. The molecule has 0 bridgehead atoms. The van der Waals surface area contributed by atoms with Gasteiger partial charge in [0.2, 0.25) is 5.91 Å². The third-order valence-electron chi connectivity index (χ3n) is 3.94. The summed E-state index contributed by atoms with van der Waals surface area (Å²) in [5.74, 6) is -3.85. The van der Waals surface area contributed by atoms with E-state index in [0.717, 1.165) is 10.4 Å². The van der Waals surface area contributed by atoms with Gasteiger partial charge in [0.15, 0.2) is 0 Å². The standard InChI is InChI=1S/C15H18N2O4S/c1-7-8(2)22-14(11(7)12(16)18)17-13(19)9-5-3-4-6-10(9)15(20)21/h3-4,9-10H,5-6H2,1-2H3,(H2,16,18)(H,17,19)(H,20,21)/p-1/t9-,10+/m1/s1. The highest BCUT2D eigenvalue weighted by Crippen LogP contribution is 2.34. The van der Waals surface area contributed by atoms with Gasteiger partial charge < -0.3 is 21.0 Å². The first-order chi connectivity index (χ1) is 10.3. The van der Waals surface area contributed by atoms with Crippen LogP contribution in [0.25, 0.3) is 0 Å². The molecular weight excluding hydrogens is 304 g/mol. The number of anilines is 1. The van der Waals surface area contributed by atoms with E-state index in [-0.39, 0.29) is 12.0 Å². The molecule has 1 aliphatic rings. The average molecular weight is 321 g/mol. The fourth-order valence-corrected chi connectivity index (χ4v) is 3.65. The number of allylic oxidation sites excluding steroid dienone is 2. The second-order valence-corrected chi connectivity index (χ2v) is 6.54. The molecule has 0 aliphatic heterocycles. The van der Waals surface area contributed by atoms with Gasteiger partial charge in [0.25, 0.3) is 5.91 Å². The molecule has 0 spiro atoms. The number of amides is 2. The molecule has 0 unspecified atom stereocenters. The molecular formula is C15H17N2O4S-. The number of carboxylic acid groups (broad SMARTS) is 1. The van der Waals surface area contributed by atoms with Crippen LogP contribution in [0.15, 0.2) is 12.2 Å². The number of primary amides is 1. The van der Waals surface area contributed by atoms with E-state index in [0.29, 0.717) is 11.4 Å². The Labute approximate surface area is 132 Å². The lowest BCUT2D eigenvalue weighted by Crippen LogP contribution is -2.41. The Morgan fingerprint density at radius 2 is 1.82 bits per heavy atom. The highest BCUT2D eigenvalue weighted by molar-refractivity contribution is 7.16. The molecule has 1 heterocycles. The molecule has 1 aromatic rings. The van der Waals surface area contributed by atoms with Crippen LogP contribution in [-0.2, 0) is 9.59 Å². The van der Waals surface area contributed by atoms with Crippen molar-refractivity contribution in [1.82, 2.24) is 0 Å². The number of rotatable bonds is 4. The summed E-state index contributed by atoms with van der Waals surface area (Å²) >= 11 is 1.26. The number of nitrogens with one attached hydrogen (secondary N) is 1. The Kier molecular flexibility index (Phi) is 4.65. The van der Waals surface area contributed by atoms with Crippen LogP contribution in [0.4, 0.5) is 5.00 Å². The lowest BCUT2D eigenvalue weighted by Gasteiger charge is -2.28. The van der Waals surface area contributed by atoms with E-state index >= 15 is 0 Å². The van der Waals surface area contributed by atoms with Crippen molar-refractivity contribution < 1.29 is 19.5 Å². The summed E-state index contributed by atoms with van der Waals surface area (Å²) in [7, 11) is 0. The minimum absolute atomic E-state index is 0.269. The predicted molar refractivity (Wildman–Crippen MR) is 81.3 cm³/mol. The molecule has 3 N–H and O–H groups in total. The second kappa shape index (κ2) is 6.31. The number of carboxylic acids is 1. The zero-order valence-corrected chi connectivity index (χ0v) is 13.2. The van der Waals surface area contributed by atoms with E-state index in [1.807, 2.05) is 6.92 Å². The van der Waals surface area contributed by atoms with E-state index < -0.39 is 29.6 Å². The Morgan fingerprint density at radius 1 is 1.23 bits per heavy atom. The summed E-state index contributed by atoms with van der Waals surface area (Å²) in [5, 5.41) is 14.2. The number of hydrogen-bond acceptors (Lipinski definition) is 5. The minimum atomic E-state index is -1.24. The summed E-state index contributed by atoms with van der Waals surface area (Å²) in [6.07, 6.45) is 4.12. The first-order valence-corrected chi connectivity index (χ1v) is 7.71. The van der Waals surface area contributed by atoms with Crippen LogP contribution in [0.2, 0.25) is 0 Å². The van der Waals surface area contributed by atoms with Gasteiger partial charge in [-0.15, -0.1) is 11.3 Å². The lowest BCUT2D eigenvalue weighted by atomic mass is 9.82. The Bertz CT molecular complexity index is 663. The molecule has 0 saturated carbocycles. The summed E-state index contributed by atoms with van der Waals surface area (Å²) in [4.78, 5) is 36.0. The van der Waals surface area contributed by atoms with Crippen molar-refractivity contribution in [3.63, 3.8) is 0 Å². The lowest BCUT2D eigenvalue weighted by molar-refractivity contribution is -0.313. The fourth-order valence-electron chi connectivity index (χ4n) is 2.58. The van der Waals surface area contributed by atoms with Gasteiger partial charge in [-0.05, 0) is 32.3 Å². The molecule has 22 heavy (non-hydrogen) atoms. The van der Waals surface area contributed by atoms with Gasteiger partial charge in [-0.2, -0.15) is 0 Å². The van der Waals surface area contributed by atoms with E-state index in [4.69, 9.17) is 5.73 Å². The third kappa shape index (κ3) is 3.04. The topological polar surface area (TPSA) is 112 Å². The maximum Gasteiger partial charge on any atom is 0.251 e. The second-order valence-electron chi connectivity index (χ2n) is 5.32. The summed E-state index contributed by atoms with van der Waals surface area (Å²) < 4.78 is 0. The van der Waals surface area contributed by atoms with Crippen LogP contribution in [0.3, 0.4) is 0 Å². The van der Waals surface area contributed by atoms with E-state index in [1.54, 1.807) is 19.1 Å². The summed E-state index contributed by atoms with van der Waals surface area (Å²) in [6, 6.07) is 0. The number of carbonyl (C=O) groups excluding carboxylic acids is 3. The van der Waals surface area contributed by atoms with Crippen molar-refractivity contribution in [1.29, 1.82) is 0 Å². The third-order valence-corrected chi connectivity index (χ3v) is 5.06. The predicted octanol–water partition coefficient (Wildman–Crippen LogP) is 0.735. The van der Waals surface area contributed by atoms with Crippen molar-refractivity contribution >= 4 is 34.1 Å². The van der Waals surface area contributed by atoms with Gasteiger partial charge in [0.1, 0.15) is 5.00 Å². The first-order valence-electron chi connectivity index (χ1n) is 6.89. The quantitative estimate of drug-likeness (QED) is 0.796. The van der Waals surface area contributed by atoms with Crippen molar-refractivity contribution in [3.8, 4) is 0 Å². The molecule has 7 heteroatoms. The molecule has 1 aromatic heterocycles. The molecule has 2 atom stereocenters. The van der Waals surface area contributed by atoms with Gasteiger partial charge in [-0.3, -0.25) is 9.59 Å². The summed E-state index contributed by atoms with van der Waals surface area (Å²) in [6.45, 7) is 3.59. The van der Waals surface area contributed by atoms with Gasteiger partial charge in [-0.1, -0.05) is 12.2 Å². The van der Waals surface area contributed by atoms with Crippen LogP contribution < -0.4 is 16.2 Å². The van der Waals surface area contributed by atoms with Crippen LogP contribution >= 0.6 is 11.3 Å². The molecule has 118 valence electrons. The number of nitrogens with two attached hydrogens (primary N) is 1. The zero-order chi connectivity index (χ0) is 16.4. The van der Waals surface area contributed by atoms with Gasteiger partial charge in [0.05, 0.1) is 11.5 Å². The summed E-state index contributed by atoms with van der Waals surface area (Å²) in [5.41, 5.74) is 6.37. The number of aryl methyl sites for hydroxylation is 1. The van der Waals surface area contributed by atoms with Crippen molar-refractivity contribution in [3.05, 3.63) is 28.2 Å². The number of thiophene rings is 1. The van der Waals surface area contributed by atoms with Crippen molar-refractivity contribution in [2.75, 3.05) is 5.32 Å². The monoisotopic (exact) mass is 321 g/mol. The SMILES string of the molecule is Cc1sc(NC(=O)[C@@H]2CC=CC[C@@H]2C(=O)[O-])c(C(N)=O)c1C. The van der Waals surface area contributed by atoms with Crippen molar-refractivity contribution in [2.45, 2.75) is 26.7 Å². The molecule has 2 rings (SSSR count). The normalized spacial score (nSPS) is 20.6. The van der Waals surface area contributed by atoms with Crippen LogP contribution in [0.5, 0.6) is 0 Å². The number of carbonyl (C=O) groups is 3. The van der Waals surface area contributed by atoms with Gasteiger partial charge >= 0.3 is 0 Å². The number of hydrogen-bond donors (Lipinski definition) is 2. The smallest absolute Gasteiger partial charge is 0.251 e. The maximum atomic E-state index is 12.4. The molecule has 6 nitrogen and oxygen atoms in total. The van der Waals surface area contributed by atoms with Gasteiger partial charge in [0, 0.05) is 16.8 Å². The molecule has 0 aromatic carbocycles. The zero-order valence-electron chi connectivity index (χ0n) is 12.3. The van der Waals surface area contributed by atoms with E-state index in [9.17, 15) is 19.5 Å². The highest BCUT2D eigenvalue weighted by Gasteiger charge is 2.31. The van der Waals surface area contributed by atoms with Gasteiger partial charge in [-0.25, -0.2) is 0 Å². The maximum absolute atomic E-state index is 12.4. The van der Waals surface area contributed by atoms with Crippen LogP contribution in [0, 0.1) is 25.7 Å². The molecule has 0 saturated heterocycles. The van der Waals surface area contributed by atoms with Crippen LogP contribution in [-0.4, -0.2) is 17.8 Å². The van der Waals surface area contributed by atoms with E-state index in [2.05, 4.69) is 5.32 Å². The molecule has 1 aliphatic carbocycles. The minimum Gasteiger partial charge on any atom is -0.550 e. The highest BCUT2D eigenvalue weighted by atomic mass is 32.1. The Morgan fingerprint density at radius 3 is 2.36 bits per heavy atom.